The van der Waals surface area contributed by atoms with Gasteiger partial charge in [0.15, 0.2) is 11.4 Å². The zero-order valence-corrected chi connectivity index (χ0v) is 14.0. The van der Waals surface area contributed by atoms with Crippen LogP contribution >= 0.6 is 11.6 Å². The van der Waals surface area contributed by atoms with E-state index in [0.29, 0.717) is 10.9 Å². The number of hydrogen-bond donors (Lipinski definition) is 0. The number of fused-ring (bicyclic) bond motifs is 1. The minimum absolute atomic E-state index is 0.00784. The van der Waals surface area contributed by atoms with Crippen LogP contribution in [0.15, 0.2) is 12.1 Å². The van der Waals surface area contributed by atoms with Crippen molar-refractivity contribution >= 4 is 28.5 Å². The molecule has 0 aliphatic rings. The molecule has 0 saturated carbocycles. The lowest BCUT2D eigenvalue weighted by molar-refractivity contribution is 0.0515. The van der Waals surface area contributed by atoms with Gasteiger partial charge in [0.25, 0.3) is 0 Å². The molecule has 0 aromatic carbocycles. The number of halogens is 1. The van der Waals surface area contributed by atoms with E-state index in [2.05, 4.69) is 9.97 Å². The Morgan fingerprint density at radius 2 is 1.86 bits per heavy atom. The summed E-state index contributed by atoms with van der Waals surface area (Å²) in [6.45, 7) is 5.94. The maximum Gasteiger partial charge on any atom is 0.361 e. The predicted molar refractivity (Wildman–Crippen MR) is 85.0 cm³/mol. The van der Waals surface area contributed by atoms with Crippen LogP contribution in [0.1, 0.15) is 31.3 Å². The van der Waals surface area contributed by atoms with E-state index >= 15 is 0 Å². The average molecular weight is 327 g/mol. The summed E-state index contributed by atoms with van der Waals surface area (Å²) in [6.07, 6.45) is 0. The summed E-state index contributed by atoms with van der Waals surface area (Å²) in [5.74, 6) is -0.138. The van der Waals surface area contributed by atoms with Crippen molar-refractivity contribution in [3.63, 3.8) is 0 Å². The summed E-state index contributed by atoms with van der Waals surface area (Å²) < 4.78 is 15.4. The van der Waals surface area contributed by atoms with Gasteiger partial charge in [-0.3, -0.25) is 0 Å². The highest BCUT2D eigenvalue weighted by Gasteiger charge is 2.23. The van der Waals surface area contributed by atoms with Gasteiger partial charge >= 0.3 is 5.97 Å². The molecule has 2 rings (SSSR count). The Balaban J connectivity index is 0.00000116. The first-order chi connectivity index (χ1) is 10.6. The number of nitrogens with zero attached hydrogens (tertiary/aromatic N) is 2. The number of methoxy groups -OCH3 is 2. The number of aromatic nitrogens is 2. The van der Waals surface area contributed by atoms with Gasteiger partial charge in [0, 0.05) is 0 Å². The van der Waals surface area contributed by atoms with Crippen LogP contribution in [0.25, 0.3) is 10.9 Å². The van der Waals surface area contributed by atoms with Gasteiger partial charge in [0.2, 0.25) is 5.88 Å². The third-order valence-electron chi connectivity index (χ3n) is 2.60. The number of esters is 1. The highest BCUT2D eigenvalue weighted by atomic mass is 35.5. The van der Waals surface area contributed by atoms with Crippen molar-refractivity contribution in [1.29, 1.82) is 0 Å². The van der Waals surface area contributed by atoms with Crippen LogP contribution in [-0.2, 0) is 4.74 Å². The molecule has 0 spiro atoms. The van der Waals surface area contributed by atoms with Crippen LogP contribution in [0.5, 0.6) is 11.6 Å². The third-order valence-corrected chi connectivity index (χ3v) is 2.81. The molecule has 7 heteroatoms. The van der Waals surface area contributed by atoms with Crippen molar-refractivity contribution in [2.24, 2.45) is 0 Å². The minimum Gasteiger partial charge on any atom is -0.492 e. The number of hydrogen-bond acceptors (Lipinski definition) is 6. The Labute approximate surface area is 134 Å². The molecule has 2 aromatic heterocycles. The van der Waals surface area contributed by atoms with Gasteiger partial charge in [0.05, 0.1) is 26.2 Å². The summed E-state index contributed by atoms with van der Waals surface area (Å²) >= 11 is 5.89. The standard InChI is InChI=1S/C13H13ClN2O4.C2H6/c1-4-20-13(17)10-11(18-2)9-7(12(16-10)19-3)5-6-8(14)15-9;1-2/h5-6H,4H2,1-3H3;1-2H3. The molecule has 0 aliphatic heterocycles. The third kappa shape index (κ3) is 3.57. The smallest absolute Gasteiger partial charge is 0.361 e. The first-order valence-electron chi connectivity index (χ1n) is 6.87. The predicted octanol–water partition coefficient (Wildman–Crippen LogP) is 3.50. The van der Waals surface area contributed by atoms with E-state index < -0.39 is 5.97 Å². The van der Waals surface area contributed by atoms with E-state index in [1.54, 1.807) is 19.1 Å². The molecule has 0 unspecified atom stereocenters. The van der Waals surface area contributed by atoms with E-state index in [4.69, 9.17) is 25.8 Å². The van der Waals surface area contributed by atoms with Crippen molar-refractivity contribution in [3.05, 3.63) is 23.0 Å². The fraction of sp³-hybridized carbons (Fsp3) is 0.400. The average Bonchev–Trinajstić information content (AvgIpc) is 2.55. The summed E-state index contributed by atoms with van der Waals surface area (Å²) in [6, 6.07) is 3.31. The van der Waals surface area contributed by atoms with E-state index in [-0.39, 0.29) is 29.1 Å². The number of carbonyl (C=O) groups excluding carboxylic acids is 1. The zero-order valence-electron chi connectivity index (χ0n) is 13.3. The molecule has 0 saturated heterocycles. The Bertz CT molecular complexity index is 662. The van der Waals surface area contributed by atoms with Gasteiger partial charge in [-0.2, -0.15) is 0 Å². The van der Waals surface area contributed by atoms with Crippen molar-refractivity contribution in [2.75, 3.05) is 20.8 Å². The topological polar surface area (TPSA) is 70.5 Å². The molecule has 0 amide bonds. The fourth-order valence-electron chi connectivity index (χ4n) is 1.79. The van der Waals surface area contributed by atoms with Crippen LogP contribution in [0.3, 0.4) is 0 Å². The SMILES string of the molecule is CC.CCOC(=O)c1nc(OC)c2ccc(Cl)nc2c1OC. The maximum absolute atomic E-state index is 11.9. The van der Waals surface area contributed by atoms with E-state index in [9.17, 15) is 4.79 Å². The van der Waals surface area contributed by atoms with Crippen LogP contribution in [0.2, 0.25) is 5.15 Å². The molecule has 120 valence electrons. The van der Waals surface area contributed by atoms with E-state index in [1.165, 1.54) is 14.2 Å². The normalized spacial score (nSPS) is 9.73. The van der Waals surface area contributed by atoms with Crippen molar-refractivity contribution < 1.29 is 19.0 Å². The van der Waals surface area contributed by atoms with Crippen LogP contribution in [0.4, 0.5) is 0 Å². The van der Waals surface area contributed by atoms with Gasteiger partial charge in [-0.25, -0.2) is 14.8 Å². The summed E-state index contributed by atoms with van der Waals surface area (Å²) in [5.41, 5.74) is 0.406. The molecule has 0 fully saturated rings. The van der Waals surface area contributed by atoms with Crippen LogP contribution < -0.4 is 9.47 Å². The molecular formula is C15H19ClN2O4. The molecule has 0 aliphatic carbocycles. The van der Waals surface area contributed by atoms with E-state index in [1.807, 2.05) is 13.8 Å². The summed E-state index contributed by atoms with van der Waals surface area (Å²) in [4.78, 5) is 20.2. The van der Waals surface area contributed by atoms with E-state index in [0.717, 1.165) is 0 Å². The Hall–Kier alpha value is -2.08. The Kier molecular flexibility index (Phi) is 6.85. The number of pyridine rings is 2. The minimum atomic E-state index is -0.605. The zero-order chi connectivity index (χ0) is 16.7. The van der Waals surface area contributed by atoms with Gasteiger partial charge < -0.3 is 14.2 Å². The molecule has 6 nitrogen and oxygen atoms in total. The summed E-state index contributed by atoms with van der Waals surface area (Å²) in [5, 5.41) is 0.876. The Morgan fingerprint density at radius 1 is 1.18 bits per heavy atom. The van der Waals surface area contributed by atoms with Crippen molar-refractivity contribution in [2.45, 2.75) is 20.8 Å². The van der Waals surface area contributed by atoms with Gasteiger partial charge in [-0.05, 0) is 19.1 Å². The maximum atomic E-state index is 11.9. The molecule has 0 bridgehead atoms. The van der Waals surface area contributed by atoms with Gasteiger partial charge in [-0.1, -0.05) is 25.4 Å². The second-order valence-corrected chi connectivity index (χ2v) is 4.14. The molecule has 2 aromatic rings. The number of ether oxygens (including phenoxy) is 3. The molecule has 0 N–H and O–H groups in total. The highest BCUT2D eigenvalue weighted by Crippen LogP contribution is 2.34. The lowest BCUT2D eigenvalue weighted by atomic mass is 10.2. The summed E-state index contributed by atoms with van der Waals surface area (Å²) in [7, 11) is 2.88. The monoisotopic (exact) mass is 326 g/mol. The lowest BCUT2D eigenvalue weighted by Gasteiger charge is -2.12. The lowest BCUT2D eigenvalue weighted by Crippen LogP contribution is -2.11. The van der Waals surface area contributed by atoms with Crippen molar-refractivity contribution in [3.8, 4) is 11.6 Å². The second kappa shape index (κ2) is 8.38. The highest BCUT2D eigenvalue weighted by molar-refractivity contribution is 6.29. The fourth-order valence-corrected chi connectivity index (χ4v) is 1.94. The Morgan fingerprint density at radius 3 is 2.41 bits per heavy atom. The van der Waals surface area contributed by atoms with Crippen LogP contribution in [0, 0.1) is 0 Å². The van der Waals surface area contributed by atoms with Gasteiger partial charge in [-0.15, -0.1) is 0 Å². The first kappa shape index (κ1) is 18.0. The quantitative estimate of drug-likeness (QED) is 0.632. The number of carbonyl (C=O) groups is 1. The molecule has 22 heavy (non-hydrogen) atoms. The van der Waals surface area contributed by atoms with Crippen LogP contribution in [-0.4, -0.2) is 36.8 Å². The molecule has 0 atom stereocenters. The van der Waals surface area contributed by atoms with Crippen molar-refractivity contribution in [1.82, 2.24) is 9.97 Å². The van der Waals surface area contributed by atoms with Gasteiger partial charge in [0.1, 0.15) is 10.7 Å². The molecule has 0 radical (unpaired) electrons. The molecular weight excluding hydrogens is 308 g/mol. The first-order valence-corrected chi connectivity index (χ1v) is 7.25. The second-order valence-electron chi connectivity index (χ2n) is 3.75. The number of rotatable bonds is 4. The largest absolute Gasteiger partial charge is 0.492 e. The molecule has 2 heterocycles.